The minimum absolute atomic E-state index is 0.151. The van der Waals surface area contributed by atoms with Gasteiger partial charge in [-0.1, -0.05) is 0 Å². The molecule has 1 aliphatic rings. The summed E-state index contributed by atoms with van der Waals surface area (Å²) in [7, 11) is 1.66. The number of nitriles is 1. The number of hydrogen-bond acceptors (Lipinski definition) is 6. The number of H-pyrrole nitrogens is 1. The zero-order valence-corrected chi connectivity index (χ0v) is 18.1. The third-order valence-corrected chi connectivity index (χ3v) is 6.38. The van der Waals surface area contributed by atoms with Crippen molar-refractivity contribution >= 4 is 33.3 Å². The summed E-state index contributed by atoms with van der Waals surface area (Å²) in [4.78, 5) is 14.1. The summed E-state index contributed by atoms with van der Waals surface area (Å²) in [6, 6.07) is 4.98. The summed E-state index contributed by atoms with van der Waals surface area (Å²) < 4.78 is 29.9. The molecule has 1 fully saturated rings. The van der Waals surface area contributed by atoms with Crippen LogP contribution in [0.2, 0.25) is 0 Å². The van der Waals surface area contributed by atoms with Crippen molar-refractivity contribution in [2.45, 2.75) is 12.8 Å². The fourth-order valence-electron chi connectivity index (χ4n) is 4.79. The standard InChI is InChI=1S/C24H23F2N7/c1-29-18-6-17(25)21(26)19-20-23(33-4-2-3-13(7-27)12-33)16(11-31-24(20)32-22(18)19)15-5-14(8-28)9-30-10-15/h5-6,9-11,13,29H,2-4,7,12,27H2,1H3,(H,31,32). The molecule has 0 amide bonds. The summed E-state index contributed by atoms with van der Waals surface area (Å²) in [5.74, 6) is -1.57. The van der Waals surface area contributed by atoms with E-state index in [1.54, 1.807) is 25.5 Å². The molecule has 1 unspecified atom stereocenters. The quantitative estimate of drug-likeness (QED) is 0.434. The highest BCUT2D eigenvalue weighted by molar-refractivity contribution is 6.18. The second-order valence-electron chi connectivity index (χ2n) is 8.35. The van der Waals surface area contributed by atoms with E-state index in [9.17, 15) is 9.65 Å². The Morgan fingerprint density at radius 3 is 2.88 bits per heavy atom. The van der Waals surface area contributed by atoms with Crippen LogP contribution in [0.25, 0.3) is 33.1 Å². The Kier molecular flexibility index (Phi) is 5.30. The van der Waals surface area contributed by atoms with Gasteiger partial charge in [-0.05, 0) is 31.4 Å². The third kappa shape index (κ3) is 3.43. The van der Waals surface area contributed by atoms with Gasteiger partial charge < -0.3 is 20.9 Å². The number of pyridine rings is 2. The van der Waals surface area contributed by atoms with Crippen molar-refractivity contribution < 1.29 is 8.78 Å². The molecule has 1 aliphatic heterocycles. The molecular weight excluding hydrogens is 424 g/mol. The molecule has 1 atom stereocenters. The van der Waals surface area contributed by atoms with Crippen molar-refractivity contribution in [2.75, 3.05) is 36.9 Å². The molecule has 0 spiro atoms. The molecule has 0 saturated carbocycles. The number of nitrogens with zero attached hydrogens (tertiary/aromatic N) is 4. The number of hydrogen-bond donors (Lipinski definition) is 3. The van der Waals surface area contributed by atoms with Crippen molar-refractivity contribution in [1.29, 1.82) is 5.26 Å². The fourth-order valence-corrected chi connectivity index (χ4v) is 4.79. The topological polar surface area (TPSA) is 107 Å². The van der Waals surface area contributed by atoms with Crippen molar-refractivity contribution in [2.24, 2.45) is 11.7 Å². The molecule has 1 saturated heterocycles. The number of nitrogens with two attached hydrogens (primary N) is 1. The Labute approximate surface area is 189 Å². The molecule has 4 heterocycles. The summed E-state index contributed by atoms with van der Waals surface area (Å²) >= 11 is 0. The van der Waals surface area contributed by atoms with E-state index >= 15 is 4.39 Å². The first-order valence-electron chi connectivity index (χ1n) is 10.9. The van der Waals surface area contributed by atoms with Crippen LogP contribution >= 0.6 is 0 Å². The van der Waals surface area contributed by atoms with Crippen molar-refractivity contribution in [3.63, 3.8) is 0 Å². The van der Waals surface area contributed by atoms with Crippen LogP contribution in [0.3, 0.4) is 0 Å². The molecular formula is C24H23F2N7. The van der Waals surface area contributed by atoms with Crippen molar-refractivity contribution in [3.8, 4) is 17.2 Å². The number of nitrogens with one attached hydrogen (secondary N) is 2. The van der Waals surface area contributed by atoms with E-state index in [-0.39, 0.29) is 11.3 Å². The van der Waals surface area contributed by atoms with Crippen LogP contribution in [-0.2, 0) is 0 Å². The zero-order chi connectivity index (χ0) is 23.1. The van der Waals surface area contributed by atoms with Gasteiger partial charge in [0, 0.05) is 55.9 Å². The molecule has 0 radical (unpaired) electrons. The minimum atomic E-state index is -0.935. The van der Waals surface area contributed by atoms with E-state index in [4.69, 9.17) is 5.73 Å². The summed E-state index contributed by atoms with van der Waals surface area (Å²) in [5, 5.41) is 13.0. The van der Waals surface area contributed by atoms with E-state index in [2.05, 4.69) is 31.2 Å². The van der Waals surface area contributed by atoms with E-state index in [1.165, 1.54) is 6.20 Å². The number of piperidine rings is 1. The number of halogens is 2. The maximum Gasteiger partial charge on any atom is 0.169 e. The summed E-state index contributed by atoms with van der Waals surface area (Å²) in [5.41, 5.74) is 9.89. The van der Waals surface area contributed by atoms with E-state index in [0.717, 1.165) is 31.1 Å². The van der Waals surface area contributed by atoms with Gasteiger partial charge in [0.1, 0.15) is 11.7 Å². The monoisotopic (exact) mass is 447 g/mol. The Balaban J connectivity index is 1.88. The minimum Gasteiger partial charge on any atom is -0.386 e. The Morgan fingerprint density at radius 2 is 2.12 bits per heavy atom. The second-order valence-corrected chi connectivity index (χ2v) is 8.35. The molecule has 4 aromatic rings. The molecule has 168 valence electrons. The summed E-state index contributed by atoms with van der Waals surface area (Å²) in [6.45, 7) is 1.99. The lowest BCUT2D eigenvalue weighted by molar-refractivity contribution is 0.424. The maximum absolute atomic E-state index is 15.3. The molecule has 9 heteroatoms. The Hall–Kier alpha value is -3.77. The average molecular weight is 447 g/mol. The number of aromatic amines is 1. The highest BCUT2D eigenvalue weighted by atomic mass is 19.2. The highest BCUT2D eigenvalue weighted by Crippen LogP contribution is 2.44. The predicted molar refractivity (Wildman–Crippen MR) is 125 cm³/mol. The smallest absolute Gasteiger partial charge is 0.169 e. The molecule has 3 aromatic heterocycles. The predicted octanol–water partition coefficient (Wildman–Crippen LogP) is 4.14. The lowest BCUT2D eigenvalue weighted by atomic mass is 9.95. The number of anilines is 2. The molecule has 0 bridgehead atoms. The summed E-state index contributed by atoms with van der Waals surface area (Å²) in [6.07, 6.45) is 6.79. The SMILES string of the molecule is CNc1cc(F)c(F)c2c1[nH]c1ncc(-c3cncc(C#N)c3)c(N3CCCC(CN)C3)c12. The van der Waals surface area contributed by atoms with Gasteiger partial charge in [-0.3, -0.25) is 4.98 Å². The normalized spacial score (nSPS) is 16.3. The van der Waals surface area contributed by atoms with Crippen LogP contribution < -0.4 is 16.0 Å². The van der Waals surface area contributed by atoms with Crippen molar-refractivity contribution in [1.82, 2.24) is 15.0 Å². The van der Waals surface area contributed by atoms with Crippen LogP contribution in [0.1, 0.15) is 18.4 Å². The van der Waals surface area contributed by atoms with Crippen molar-refractivity contribution in [3.05, 3.63) is 47.9 Å². The van der Waals surface area contributed by atoms with Gasteiger partial charge in [-0.25, -0.2) is 13.8 Å². The van der Waals surface area contributed by atoms with E-state index < -0.39 is 11.6 Å². The largest absolute Gasteiger partial charge is 0.386 e. The van der Waals surface area contributed by atoms with Gasteiger partial charge in [0.05, 0.1) is 33.2 Å². The molecule has 33 heavy (non-hydrogen) atoms. The first-order valence-corrected chi connectivity index (χ1v) is 10.9. The van der Waals surface area contributed by atoms with Gasteiger partial charge in [0.15, 0.2) is 11.6 Å². The van der Waals surface area contributed by atoms with Crippen LogP contribution in [0, 0.1) is 28.9 Å². The number of fused-ring (bicyclic) bond motifs is 3. The zero-order valence-electron chi connectivity index (χ0n) is 18.1. The van der Waals surface area contributed by atoms with E-state index in [0.29, 0.717) is 52.0 Å². The maximum atomic E-state index is 15.3. The molecule has 1 aromatic carbocycles. The lowest BCUT2D eigenvalue weighted by Crippen LogP contribution is -2.38. The van der Waals surface area contributed by atoms with E-state index in [1.807, 2.05) is 0 Å². The third-order valence-electron chi connectivity index (χ3n) is 6.38. The molecule has 5 rings (SSSR count). The molecule has 7 nitrogen and oxygen atoms in total. The van der Waals surface area contributed by atoms with Gasteiger partial charge in [-0.15, -0.1) is 0 Å². The lowest BCUT2D eigenvalue weighted by Gasteiger charge is -2.35. The number of aromatic nitrogens is 3. The van der Waals surface area contributed by atoms with Crippen LogP contribution in [-0.4, -0.2) is 41.6 Å². The molecule has 0 aliphatic carbocycles. The second kappa shape index (κ2) is 8.30. The van der Waals surface area contributed by atoms with Crippen LogP contribution in [0.15, 0.2) is 30.7 Å². The number of rotatable bonds is 4. The van der Waals surface area contributed by atoms with Gasteiger partial charge in [0.2, 0.25) is 0 Å². The van der Waals surface area contributed by atoms with Gasteiger partial charge in [-0.2, -0.15) is 5.26 Å². The first-order chi connectivity index (χ1) is 16.0. The first kappa shape index (κ1) is 21.1. The Bertz CT molecular complexity index is 1410. The van der Waals surface area contributed by atoms with Gasteiger partial charge in [0.25, 0.3) is 0 Å². The molecule has 4 N–H and O–H groups in total. The highest BCUT2D eigenvalue weighted by Gasteiger charge is 2.28. The van der Waals surface area contributed by atoms with Gasteiger partial charge >= 0.3 is 0 Å². The Morgan fingerprint density at radius 1 is 1.27 bits per heavy atom. The average Bonchev–Trinajstić information content (AvgIpc) is 3.25. The van der Waals surface area contributed by atoms with Crippen LogP contribution in [0.4, 0.5) is 20.2 Å². The fraction of sp³-hybridized carbons (Fsp3) is 0.292. The number of benzene rings is 1. The van der Waals surface area contributed by atoms with Crippen LogP contribution in [0.5, 0.6) is 0 Å².